The Bertz CT molecular complexity index is 359. The van der Waals surface area contributed by atoms with Crippen LogP contribution < -0.4 is 21.7 Å². The summed E-state index contributed by atoms with van der Waals surface area (Å²) in [5, 5.41) is 23.1. The van der Waals surface area contributed by atoms with E-state index in [0.717, 1.165) is 0 Å². The SMILES string of the molecule is NC(=O)CNC(=O)C(CCCNC(=O)O)NC(=O)O. The minimum atomic E-state index is -1.40. The minimum Gasteiger partial charge on any atom is -0.465 e. The Labute approximate surface area is 108 Å². The van der Waals surface area contributed by atoms with Crippen LogP contribution in [0.5, 0.6) is 0 Å². The zero-order chi connectivity index (χ0) is 14.8. The first-order valence-electron chi connectivity index (χ1n) is 5.35. The Balaban J connectivity index is 4.20. The van der Waals surface area contributed by atoms with Crippen molar-refractivity contribution < 1.29 is 29.4 Å². The summed E-state index contributed by atoms with van der Waals surface area (Å²) in [6.07, 6.45) is -2.27. The molecule has 7 N–H and O–H groups in total. The first-order chi connectivity index (χ1) is 8.82. The van der Waals surface area contributed by atoms with E-state index < -0.39 is 36.6 Å². The lowest BCUT2D eigenvalue weighted by Gasteiger charge is -2.16. The molecule has 0 aromatic heterocycles. The van der Waals surface area contributed by atoms with Gasteiger partial charge >= 0.3 is 12.2 Å². The van der Waals surface area contributed by atoms with Crippen LogP contribution in [0.3, 0.4) is 0 Å². The predicted molar refractivity (Wildman–Crippen MR) is 62.4 cm³/mol. The standard InChI is InChI=1S/C9H16N4O6/c10-6(14)4-12-7(15)5(13-9(18)19)2-1-3-11-8(16)17/h5,11,13H,1-4H2,(H2,10,14)(H,12,15)(H,16,17)(H,18,19). The Morgan fingerprint density at radius 2 is 1.68 bits per heavy atom. The molecule has 0 heterocycles. The second-order valence-corrected chi connectivity index (χ2v) is 3.56. The average molecular weight is 276 g/mol. The second kappa shape index (κ2) is 8.55. The van der Waals surface area contributed by atoms with Gasteiger partial charge in [0, 0.05) is 6.54 Å². The van der Waals surface area contributed by atoms with E-state index in [-0.39, 0.29) is 19.4 Å². The number of carbonyl (C=O) groups excluding carboxylic acids is 2. The zero-order valence-electron chi connectivity index (χ0n) is 10.0. The lowest BCUT2D eigenvalue weighted by molar-refractivity contribution is -0.126. The van der Waals surface area contributed by atoms with Gasteiger partial charge in [-0.05, 0) is 12.8 Å². The number of hydrogen-bond donors (Lipinski definition) is 6. The monoisotopic (exact) mass is 276 g/mol. The maximum atomic E-state index is 11.5. The van der Waals surface area contributed by atoms with Crippen LogP contribution >= 0.6 is 0 Å². The maximum absolute atomic E-state index is 11.5. The van der Waals surface area contributed by atoms with Crippen LogP contribution in [-0.2, 0) is 9.59 Å². The third-order valence-corrected chi connectivity index (χ3v) is 2.00. The van der Waals surface area contributed by atoms with E-state index in [4.69, 9.17) is 15.9 Å². The number of rotatable bonds is 8. The maximum Gasteiger partial charge on any atom is 0.405 e. The molecule has 10 nitrogen and oxygen atoms in total. The summed E-state index contributed by atoms with van der Waals surface area (Å²) in [5.41, 5.74) is 4.83. The van der Waals surface area contributed by atoms with Crippen LogP contribution in [0.1, 0.15) is 12.8 Å². The van der Waals surface area contributed by atoms with E-state index in [9.17, 15) is 19.2 Å². The van der Waals surface area contributed by atoms with Gasteiger partial charge in [-0.15, -0.1) is 0 Å². The van der Waals surface area contributed by atoms with Crippen molar-refractivity contribution in [2.75, 3.05) is 13.1 Å². The molecule has 108 valence electrons. The molecule has 0 saturated heterocycles. The van der Waals surface area contributed by atoms with Crippen molar-refractivity contribution in [3.05, 3.63) is 0 Å². The van der Waals surface area contributed by atoms with Crippen molar-refractivity contribution in [1.82, 2.24) is 16.0 Å². The summed E-state index contributed by atoms with van der Waals surface area (Å²) < 4.78 is 0. The Kier molecular flexibility index (Phi) is 7.42. The fourth-order valence-electron chi connectivity index (χ4n) is 1.22. The lowest BCUT2D eigenvalue weighted by Crippen LogP contribution is -2.48. The second-order valence-electron chi connectivity index (χ2n) is 3.56. The number of primary amides is 1. The number of hydrogen-bond acceptors (Lipinski definition) is 4. The molecule has 19 heavy (non-hydrogen) atoms. The Hall–Kier alpha value is -2.52. The van der Waals surface area contributed by atoms with Crippen LogP contribution in [-0.4, -0.2) is 53.3 Å². The van der Waals surface area contributed by atoms with Gasteiger partial charge in [-0.3, -0.25) is 9.59 Å². The molecule has 0 saturated carbocycles. The molecular weight excluding hydrogens is 260 g/mol. The van der Waals surface area contributed by atoms with Crippen LogP contribution in [0.4, 0.5) is 9.59 Å². The molecule has 0 aliphatic carbocycles. The third-order valence-electron chi connectivity index (χ3n) is 2.00. The molecule has 0 rings (SSSR count). The smallest absolute Gasteiger partial charge is 0.405 e. The molecule has 10 heteroatoms. The highest BCUT2D eigenvalue weighted by atomic mass is 16.4. The highest BCUT2D eigenvalue weighted by molar-refractivity contribution is 5.88. The van der Waals surface area contributed by atoms with Gasteiger partial charge in [0.25, 0.3) is 0 Å². The third kappa shape index (κ3) is 9.21. The van der Waals surface area contributed by atoms with Crippen molar-refractivity contribution in [1.29, 1.82) is 0 Å². The van der Waals surface area contributed by atoms with Crippen molar-refractivity contribution in [3.8, 4) is 0 Å². The molecule has 1 atom stereocenters. The van der Waals surface area contributed by atoms with Gasteiger partial charge in [0.15, 0.2) is 0 Å². The molecule has 1 unspecified atom stereocenters. The first kappa shape index (κ1) is 16.5. The van der Waals surface area contributed by atoms with E-state index >= 15 is 0 Å². The van der Waals surface area contributed by atoms with Crippen LogP contribution in [0, 0.1) is 0 Å². The fourth-order valence-corrected chi connectivity index (χ4v) is 1.22. The van der Waals surface area contributed by atoms with Crippen molar-refractivity contribution in [3.63, 3.8) is 0 Å². The van der Waals surface area contributed by atoms with Gasteiger partial charge in [-0.1, -0.05) is 0 Å². The topological polar surface area (TPSA) is 171 Å². The molecule has 0 spiro atoms. The largest absolute Gasteiger partial charge is 0.465 e. The van der Waals surface area contributed by atoms with Crippen LogP contribution in [0.15, 0.2) is 0 Å². The van der Waals surface area contributed by atoms with Crippen molar-refractivity contribution in [2.24, 2.45) is 5.73 Å². The van der Waals surface area contributed by atoms with Gasteiger partial charge in [-0.25, -0.2) is 9.59 Å². The summed E-state index contributed by atoms with van der Waals surface area (Å²) in [6, 6.07) is -1.08. The summed E-state index contributed by atoms with van der Waals surface area (Å²) >= 11 is 0. The van der Waals surface area contributed by atoms with E-state index in [1.54, 1.807) is 0 Å². The summed E-state index contributed by atoms with van der Waals surface area (Å²) in [7, 11) is 0. The Morgan fingerprint density at radius 1 is 1.05 bits per heavy atom. The van der Waals surface area contributed by atoms with Gasteiger partial charge in [0.05, 0.1) is 6.54 Å². The quantitative estimate of drug-likeness (QED) is 0.287. The van der Waals surface area contributed by atoms with Gasteiger partial charge in [0.1, 0.15) is 6.04 Å². The molecule has 0 aliphatic rings. The molecule has 0 radical (unpaired) electrons. The predicted octanol–water partition coefficient (Wildman–Crippen LogP) is -1.73. The zero-order valence-corrected chi connectivity index (χ0v) is 10.0. The van der Waals surface area contributed by atoms with Gasteiger partial charge in [-0.2, -0.15) is 0 Å². The van der Waals surface area contributed by atoms with Crippen LogP contribution in [0.2, 0.25) is 0 Å². The van der Waals surface area contributed by atoms with Crippen molar-refractivity contribution in [2.45, 2.75) is 18.9 Å². The van der Waals surface area contributed by atoms with Gasteiger partial charge < -0.3 is 31.9 Å². The number of carboxylic acid groups (broad SMARTS) is 2. The van der Waals surface area contributed by atoms with E-state index in [1.165, 1.54) is 0 Å². The molecule has 0 bridgehead atoms. The lowest BCUT2D eigenvalue weighted by atomic mass is 10.1. The highest BCUT2D eigenvalue weighted by Crippen LogP contribution is 1.97. The molecule has 0 fully saturated rings. The van der Waals surface area contributed by atoms with Gasteiger partial charge in [0.2, 0.25) is 11.8 Å². The van der Waals surface area contributed by atoms with Crippen molar-refractivity contribution >= 4 is 24.0 Å². The van der Waals surface area contributed by atoms with E-state index in [0.29, 0.717) is 0 Å². The summed E-state index contributed by atoms with van der Waals surface area (Å²) in [4.78, 5) is 42.7. The first-order valence-corrected chi connectivity index (χ1v) is 5.35. The average Bonchev–Trinajstić information content (AvgIpc) is 2.29. The van der Waals surface area contributed by atoms with E-state index in [2.05, 4.69) is 10.6 Å². The fraction of sp³-hybridized carbons (Fsp3) is 0.556. The Morgan fingerprint density at radius 3 is 2.16 bits per heavy atom. The highest BCUT2D eigenvalue weighted by Gasteiger charge is 2.20. The summed E-state index contributed by atoms with van der Waals surface area (Å²) in [5.74, 6) is -1.45. The number of nitrogens with two attached hydrogens (primary N) is 1. The molecule has 0 aromatic carbocycles. The van der Waals surface area contributed by atoms with Crippen LogP contribution in [0.25, 0.3) is 0 Å². The molecule has 0 aliphatic heterocycles. The number of nitrogens with one attached hydrogen (secondary N) is 3. The molecular formula is C9H16N4O6. The number of carbonyl (C=O) groups is 4. The molecule has 0 aromatic rings. The molecule has 4 amide bonds. The summed E-state index contributed by atoms with van der Waals surface area (Å²) in [6.45, 7) is -0.319. The number of amides is 4. The van der Waals surface area contributed by atoms with E-state index in [1.807, 2.05) is 5.32 Å². The minimum absolute atomic E-state index is 0.0796. The normalized spacial score (nSPS) is 11.2.